The van der Waals surface area contributed by atoms with Crippen molar-refractivity contribution in [1.82, 2.24) is 0 Å². The molecule has 0 fully saturated rings. The summed E-state index contributed by atoms with van der Waals surface area (Å²) >= 11 is 0. The van der Waals surface area contributed by atoms with Gasteiger partial charge in [-0.3, -0.25) is 4.79 Å². The average Bonchev–Trinajstić information content (AvgIpc) is 2.49. The summed E-state index contributed by atoms with van der Waals surface area (Å²) in [5, 5.41) is 11.8. The molecule has 0 aliphatic carbocycles. The summed E-state index contributed by atoms with van der Waals surface area (Å²) in [6.07, 6.45) is 0.924. The molecule has 1 amide bonds. The normalized spacial score (nSPS) is 9.85. The van der Waals surface area contributed by atoms with Crippen LogP contribution >= 0.6 is 0 Å². The molecule has 0 spiro atoms. The maximum absolute atomic E-state index is 12.2. The molecule has 3 heteroatoms. The van der Waals surface area contributed by atoms with Crippen molar-refractivity contribution < 1.29 is 4.79 Å². The van der Waals surface area contributed by atoms with Gasteiger partial charge in [-0.2, -0.15) is 5.26 Å². The van der Waals surface area contributed by atoms with Gasteiger partial charge in [-0.25, -0.2) is 0 Å². The first-order valence-electron chi connectivity index (χ1n) is 6.55. The predicted octanol–water partition coefficient (Wildman–Crippen LogP) is 3.68. The van der Waals surface area contributed by atoms with Crippen molar-refractivity contribution in [2.24, 2.45) is 0 Å². The topological polar surface area (TPSA) is 52.9 Å². The summed E-state index contributed by atoms with van der Waals surface area (Å²) in [6.45, 7) is 4.04. The lowest BCUT2D eigenvalue weighted by Crippen LogP contribution is -2.13. The molecule has 20 heavy (non-hydrogen) atoms. The van der Waals surface area contributed by atoms with E-state index in [1.54, 1.807) is 24.3 Å². The Labute approximate surface area is 118 Å². The van der Waals surface area contributed by atoms with E-state index in [-0.39, 0.29) is 5.91 Å². The largest absolute Gasteiger partial charge is 0.322 e. The molecule has 0 aliphatic rings. The van der Waals surface area contributed by atoms with E-state index in [9.17, 15) is 4.79 Å². The van der Waals surface area contributed by atoms with Gasteiger partial charge in [0.1, 0.15) is 0 Å². The quantitative estimate of drug-likeness (QED) is 0.919. The van der Waals surface area contributed by atoms with Crippen LogP contribution in [0.1, 0.15) is 34.0 Å². The molecule has 1 N–H and O–H groups in total. The molecule has 0 saturated carbocycles. The van der Waals surface area contributed by atoms with Crippen LogP contribution in [0.5, 0.6) is 0 Å². The third kappa shape index (κ3) is 3.04. The van der Waals surface area contributed by atoms with Gasteiger partial charge in [0, 0.05) is 11.3 Å². The van der Waals surface area contributed by atoms with E-state index >= 15 is 0 Å². The Morgan fingerprint density at radius 3 is 2.75 bits per heavy atom. The minimum absolute atomic E-state index is 0.196. The summed E-state index contributed by atoms with van der Waals surface area (Å²) < 4.78 is 0. The minimum atomic E-state index is -0.196. The van der Waals surface area contributed by atoms with Crippen LogP contribution < -0.4 is 5.32 Å². The van der Waals surface area contributed by atoms with Gasteiger partial charge in [-0.05, 0) is 48.7 Å². The minimum Gasteiger partial charge on any atom is -0.322 e. The van der Waals surface area contributed by atoms with Crippen LogP contribution in [0.4, 0.5) is 5.69 Å². The fraction of sp³-hybridized carbons (Fsp3) is 0.176. The van der Waals surface area contributed by atoms with Gasteiger partial charge in [-0.15, -0.1) is 0 Å². The van der Waals surface area contributed by atoms with Gasteiger partial charge in [0.2, 0.25) is 0 Å². The van der Waals surface area contributed by atoms with E-state index in [1.807, 2.05) is 25.1 Å². The zero-order valence-corrected chi connectivity index (χ0v) is 11.6. The Bertz CT molecular complexity index is 684. The second-order valence-electron chi connectivity index (χ2n) is 4.65. The molecule has 2 aromatic rings. The van der Waals surface area contributed by atoms with Crippen LogP contribution in [0.15, 0.2) is 42.5 Å². The molecule has 100 valence electrons. The standard InChI is InChI=1S/C17H16N2O/c1-3-13-8-7-12(2)16(10-13)19-17(20)15-6-4-5-14(9-15)11-18/h4-10H,3H2,1-2H3,(H,19,20). The fourth-order valence-corrected chi connectivity index (χ4v) is 1.95. The van der Waals surface area contributed by atoms with E-state index in [0.717, 1.165) is 17.7 Å². The lowest BCUT2D eigenvalue weighted by Gasteiger charge is -2.10. The Morgan fingerprint density at radius 1 is 1.25 bits per heavy atom. The highest BCUT2D eigenvalue weighted by Crippen LogP contribution is 2.18. The summed E-state index contributed by atoms with van der Waals surface area (Å²) in [5.74, 6) is -0.196. The fourth-order valence-electron chi connectivity index (χ4n) is 1.95. The van der Waals surface area contributed by atoms with E-state index in [0.29, 0.717) is 11.1 Å². The van der Waals surface area contributed by atoms with E-state index in [2.05, 4.69) is 18.3 Å². The number of carbonyl (C=O) groups is 1. The number of aryl methyl sites for hydroxylation is 2. The molecule has 0 saturated heterocycles. The van der Waals surface area contributed by atoms with Gasteiger partial charge in [0.25, 0.3) is 5.91 Å². The van der Waals surface area contributed by atoms with Crippen molar-refractivity contribution in [2.45, 2.75) is 20.3 Å². The van der Waals surface area contributed by atoms with Crippen molar-refractivity contribution in [2.75, 3.05) is 5.32 Å². The maximum Gasteiger partial charge on any atom is 0.255 e. The van der Waals surface area contributed by atoms with Crippen molar-refractivity contribution >= 4 is 11.6 Å². The van der Waals surface area contributed by atoms with Crippen molar-refractivity contribution in [1.29, 1.82) is 5.26 Å². The summed E-state index contributed by atoms with van der Waals surface area (Å²) in [4.78, 5) is 12.2. The zero-order chi connectivity index (χ0) is 14.5. The van der Waals surface area contributed by atoms with E-state index in [1.165, 1.54) is 5.56 Å². The summed E-state index contributed by atoms with van der Waals surface area (Å²) in [5.41, 5.74) is 3.99. The zero-order valence-electron chi connectivity index (χ0n) is 11.6. The number of nitrogens with zero attached hydrogens (tertiary/aromatic N) is 1. The molecule has 0 aliphatic heterocycles. The van der Waals surface area contributed by atoms with Crippen LogP contribution in [0.2, 0.25) is 0 Å². The molecular formula is C17H16N2O. The van der Waals surface area contributed by atoms with Crippen LogP contribution in [0.25, 0.3) is 0 Å². The maximum atomic E-state index is 12.2. The molecule has 0 atom stereocenters. The highest BCUT2D eigenvalue weighted by molar-refractivity contribution is 6.04. The lowest BCUT2D eigenvalue weighted by molar-refractivity contribution is 0.102. The summed E-state index contributed by atoms with van der Waals surface area (Å²) in [7, 11) is 0. The Kier molecular flexibility index (Phi) is 4.17. The van der Waals surface area contributed by atoms with Gasteiger partial charge in [0.15, 0.2) is 0 Å². The van der Waals surface area contributed by atoms with Crippen molar-refractivity contribution in [3.8, 4) is 6.07 Å². The Balaban J connectivity index is 2.25. The molecule has 0 radical (unpaired) electrons. The van der Waals surface area contributed by atoms with Crippen molar-refractivity contribution in [3.05, 3.63) is 64.7 Å². The second-order valence-corrected chi connectivity index (χ2v) is 4.65. The molecule has 0 unspecified atom stereocenters. The number of hydrogen-bond acceptors (Lipinski definition) is 2. The van der Waals surface area contributed by atoms with Gasteiger partial charge >= 0.3 is 0 Å². The number of nitrogens with one attached hydrogen (secondary N) is 1. The lowest BCUT2D eigenvalue weighted by atomic mass is 10.1. The Hall–Kier alpha value is -2.60. The Morgan fingerprint density at radius 2 is 2.05 bits per heavy atom. The first-order valence-corrected chi connectivity index (χ1v) is 6.55. The van der Waals surface area contributed by atoms with Crippen LogP contribution in [0, 0.1) is 18.3 Å². The molecule has 0 bridgehead atoms. The average molecular weight is 264 g/mol. The van der Waals surface area contributed by atoms with E-state index < -0.39 is 0 Å². The number of benzene rings is 2. The molecular weight excluding hydrogens is 248 g/mol. The van der Waals surface area contributed by atoms with Gasteiger partial charge < -0.3 is 5.32 Å². The monoisotopic (exact) mass is 264 g/mol. The van der Waals surface area contributed by atoms with Crippen LogP contribution in [0.3, 0.4) is 0 Å². The summed E-state index contributed by atoms with van der Waals surface area (Å²) in [6, 6.07) is 14.8. The molecule has 0 heterocycles. The number of anilines is 1. The molecule has 2 rings (SSSR count). The third-order valence-corrected chi connectivity index (χ3v) is 3.21. The third-order valence-electron chi connectivity index (χ3n) is 3.21. The highest BCUT2D eigenvalue weighted by Gasteiger charge is 2.08. The number of hydrogen-bond donors (Lipinski definition) is 1. The highest BCUT2D eigenvalue weighted by atomic mass is 16.1. The number of amides is 1. The SMILES string of the molecule is CCc1ccc(C)c(NC(=O)c2cccc(C#N)c2)c1. The first-order chi connectivity index (χ1) is 9.63. The number of nitriles is 1. The van der Waals surface area contributed by atoms with Gasteiger partial charge in [-0.1, -0.05) is 25.1 Å². The predicted molar refractivity (Wildman–Crippen MR) is 79.7 cm³/mol. The second kappa shape index (κ2) is 6.03. The molecule has 2 aromatic carbocycles. The van der Waals surface area contributed by atoms with E-state index in [4.69, 9.17) is 5.26 Å². The molecule has 3 nitrogen and oxygen atoms in total. The number of carbonyl (C=O) groups excluding carboxylic acids is 1. The number of rotatable bonds is 3. The van der Waals surface area contributed by atoms with Gasteiger partial charge in [0.05, 0.1) is 11.6 Å². The van der Waals surface area contributed by atoms with Crippen LogP contribution in [-0.4, -0.2) is 5.91 Å². The smallest absolute Gasteiger partial charge is 0.255 e. The van der Waals surface area contributed by atoms with Crippen LogP contribution in [-0.2, 0) is 6.42 Å². The molecule has 0 aromatic heterocycles. The van der Waals surface area contributed by atoms with Crippen molar-refractivity contribution in [3.63, 3.8) is 0 Å². The first kappa shape index (κ1) is 13.8.